The summed E-state index contributed by atoms with van der Waals surface area (Å²) in [6, 6.07) is 5.43. The Kier molecular flexibility index (Phi) is 5.67. The zero-order chi connectivity index (χ0) is 17.9. The van der Waals surface area contributed by atoms with Crippen molar-refractivity contribution < 1.29 is 19.0 Å². The maximum atomic E-state index is 12.4. The van der Waals surface area contributed by atoms with Crippen molar-refractivity contribution in [2.45, 2.75) is 27.4 Å². The highest BCUT2D eigenvalue weighted by atomic mass is 35.5. The van der Waals surface area contributed by atoms with Crippen molar-refractivity contribution in [3.63, 3.8) is 0 Å². The molecule has 0 unspecified atom stereocenters. The number of aryl methyl sites for hydroxylation is 3. The van der Waals surface area contributed by atoms with Crippen LogP contribution >= 0.6 is 11.6 Å². The lowest BCUT2D eigenvalue weighted by Crippen LogP contribution is -2.10. The number of esters is 1. The highest BCUT2D eigenvalue weighted by molar-refractivity contribution is 6.32. The van der Waals surface area contributed by atoms with Gasteiger partial charge in [-0.25, -0.2) is 9.78 Å². The minimum Gasteiger partial charge on any atom is -0.493 e. The van der Waals surface area contributed by atoms with E-state index in [-0.39, 0.29) is 11.8 Å². The maximum Gasteiger partial charge on any atom is 0.341 e. The Morgan fingerprint density at radius 3 is 2.25 bits per heavy atom. The Labute approximate surface area is 146 Å². The van der Waals surface area contributed by atoms with Gasteiger partial charge in [0.15, 0.2) is 11.5 Å². The zero-order valence-electron chi connectivity index (χ0n) is 14.4. The summed E-state index contributed by atoms with van der Waals surface area (Å²) in [5, 5.41) is 0.154. The van der Waals surface area contributed by atoms with Crippen molar-refractivity contribution in [3.05, 3.63) is 51.3 Å². The van der Waals surface area contributed by atoms with Crippen LogP contribution in [0.2, 0.25) is 5.15 Å². The predicted molar refractivity (Wildman–Crippen MR) is 92.1 cm³/mol. The van der Waals surface area contributed by atoms with E-state index < -0.39 is 5.97 Å². The molecule has 0 saturated carbocycles. The molecule has 128 valence electrons. The van der Waals surface area contributed by atoms with Gasteiger partial charge in [0.2, 0.25) is 0 Å². The van der Waals surface area contributed by atoms with Crippen LogP contribution in [0, 0.1) is 20.8 Å². The Balaban J connectivity index is 2.21. The topological polar surface area (TPSA) is 57.7 Å². The first-order chi connectivity index (χ1) is 11.4. The summed E-state index contributed by atoms with van der Waals surface area (Å²) < 4.78 is 15.9. The molecule has 0 radical (unpaired) electrons. The molecule has 0 aliphatic rings. The number of carbonyl (C=O) groups is 1. The zero-order valence-corrected chi connectivity index (χ0v) is 15.2. The number of pyridine rings is 1. The Morgan fingerprint density at radius 1 is 1.04 bits per heavy atom. The molecule has 0 amide bonds. The van der Waals surface area contributed by atoms with Crippen molar-refractivity contribution in [3.8, 4) is 11.5 Å². The minimum absolute atomic E-state index is 0.106. The van der Waals surface area contributed by atoms with Gasteiger partial charge in [0.1, 0.15) is 11.8 Å². The summed E-state index contributed by atoms with van der Waals surface area (Å²) in [5.74, 6) is 0.714. The molecule has 0 spiro atoms. The summed E-state index contributed by atoms with van der Waals surface area (Å²) in [4.78, 5) is 16.5. The van der Waals surface area contributed by atoms with Gasteiger partial charge in [-0.3, -0.25) is 0 Å². The summed E-state index contributed by atoms with van der Waals surface area (Å²) in [5.41, 5.74) is 3.55. The van der Waals surface area contributed by atoms with Crippen molar-refractivity contribution in [1.29, 1.82) is 0 Å². The second-order valence-electron chi connectivity index (χ2n) is 5.46. The first-order valence-electron chi connectivity index (χ1n) is 7.39. The summed E-state index contributed by atoms with van der Waals surface area (Å²) in [6.45, 7) is 5.64. The Morgan fingerprint density at radius 2 is 1.67 bits per heavy atom. The standard InChI is InChI=1S/C18H20ClNO4/c1-10-7-14(22-4)15(23-5)8-13(10)9-24-18(21)16-11(2)6-12(3)20-17(16)19/h6-8H,9H2,1-5H3. The van der Waals surface area contributed by atoms with Gasteiger partial charge in [-0.1, -0.05) is 11.6 Å². The van der Waals surface area contributed by atoms with E-state index in [1.807, 2.05) is 19.9 Å². The molecule has 5 nitrogen and oxygen atoms in total. The van der Waals surface area contributed by atoms with E-state index in [2.05, 4.69) is 4.98 Å². The average molecular weight is 350 g/mol. The molecule has 0 aliphatic heterocycles. The number of carbonyl (C=O) groups excluding carboxylic acids is 1. The fraction of sp³-hybridized carbons (Fsp3) is 0.333. The second-order valence-corrected chi connectivity index (χ2v) is 5.81. The third-order valence-electron chi connectivity index (χ3n) is 3.71. The summed E-state index contributed by atoms with van der Waals surface area (Å²) >= 11 is 6.08. The number of nitrogens with zero attached hydrogens (tertiary/aromatic N) is 1. The summed E-state index contributed by atoms with van der Waals surface area (Å²) in [7, 11) is 3.14. The summed E-state index contributed by atoms with van der Waals surface area (Å²) in [6.07, 6.45) is 0. The molecule has 0 aliphatic carbocycles. The smallest absolute Gasteiger partial charge is 0.341 e. The second kappa shape index (κ2) is 7.53. The molecule has 1 aromatic carbocycles. The lowest BCUT2D eigenvalue weighted by atomic mass is 10.1. The highest BCUT2D eigenvalue weighted by Gasteiger charge is 2.18. The molecule has 0 bridgehead atoms. The van der Waals surface area contributed by atoms with Crippen LogP contribution in [0.5, 0.6) is 11.5 Å². The lowest BCUT2D eigenvalue weighted by molar-refractivity contribution is 0.0470. The fourth-order valence-corrected chi connectivity index (χ4v) is 2.79. The molecular weight excluding hydrogens is 330 g/mol. The van der Waals surface area contributed by atoms with E-state index >= 15 is 0 Å². The van der Waals surface area contributed by atoms with Gasteiger partial charge in [-0.05, 0) is 55.7 Å². The number of aromatic nitrogens is 1. The average Bonchev–Trinajstić information content (AvgIpc) is 2.52. The molecule has 1 heterocycles. The number of ether oxygens (including phenoxy) is 3. The van der Waals surface area contributed by atoms with Crippen molar-refractivity contribution in [2.24, 2.45) is 0 Å². The monoisotopic (exact) mass is 349 g/mol. The molecule has 0 atom stereocenters. The van der Waals surface area contributed by atoms with Crippen LogP contribution in [-0.2, 0) is 11.3 Å². The van der Waals surface area contributed by atoms with E-state index in [0.29, 0.717) is 17.1 Å². The molecule has 0 saturated heterocycles. The van der Waals surface area contributed by atoms with Crippen LogP contribution in [0.3, 0.4) is 0 Å². The molecule has 2 aromatic rings. The number of hydrogen-bond acceptors (Lipinski definition) is 5. The van der Waals surface area contributed by atoms with E-state index in [4.69, 9.17) is 25.8 Å². The Hall–Kier alpha value is -2.27. The number of benzene rings is 1. The number of rotatable bonds is 5. The SMILES string of the molecule is COc1cc(C)c(COC(=O)c2c(C)cc(C)nc2Cl)cc1OC. The predicted octanol–water partition coefficient (Wildman–Crippen LogP) is 4.03. The number of halogens is 1. The number of hydrogen-bond donors (Lipinski definition) is 0. The van der Waals surface area contributed by atoms with Gasteiger partial charge < -0.3 is 14.2 Å². The van der Waals surface area contributed by atoms with Crippen molar-refractivity contribution >= 4 is 17.6 Å². The molecule has 6 heteroatoms. The van der Waals surface area contributed by atoms with E-state index in [9.17, 15) is 4.79 Å². The lowest BCUT2D eigenvalue weighted by Gasteiger charge is -2.14. The number of methoxy groups -OCH3 is 2. The van der Waals surface area contributed by atoms with Gasteiger partial charge in [0, 0.05) is 5.69 Å². The largest absolute Gasteiger partial charge is 0.493 e. The maximum absolute atomic E-state index is 12.4. The third-order valence-corrected chi connectivity index (χ3v) is 3.98. The quantitative estimate of drug-likeness (QED) is 0.602. The van der Waals surface area contributed by atoms with Gasteiger partial charge >= 0.3 is 5.97 Å². The first kappa shape index (κ1) is 18.1. The molecular formula is C18H20ClNO4. The molecule has 2 rings (SSSR count). The molecule has 24 heavy (non-hydrogen) atoms. The van der Waals surface area contributed by atoms with Crippen LogP contribution < -0.4 is 9.47 Å². The van der Waals surface area contributed by atoms with Gasteiger partial charge in [0.05, 0.1) is 19.8 Å². The fourth-order valence-electron chi connectivity index (χ4n) is 2.43. The van der Waals surface area contributed by atoms with E-state index in [0.717, 1.165) is 22.4 Å². The van der Waals surface area contributed by atoms with Crippen LogP contribution in [0.1, 0.15) is 32.7 Å². The van der Waals surface area contributed by atoms with Crippen LogP contribution in [-0.4, -0.2) is 25.2 Å². The van der Waals surface area contributed by atoms with Crippen LogP contribution in [0.15, 0.2) is 18.2 Å². The van der Waals surface area contributed by atoms with Crippen LogP contribution in [0.25, 0.3) is 0 Å². The third kappa shape index (κ3) is 3.79. The molecule has 0 fully saturated rings. The van der Waals surface area contributed by atoms with Gasteiger partial charge in [0.25, 0.3) is 0 Å². The minimum atomic E-state index is -0.501. The van der Waals surface area contributed by atoms with Crippen molar-refractivity contribution in [2.75, 3.05) is 14.2 Å². The van der Waals surface area contributed by atoms with Crippen LogP contribution in [0.4, 0.5) is 0 Å². The van der Waals surface area contributed by atoms with Gasteiger partial charge in [-0.15, -0.1) is 0 Å². The van der Waals surface area contributed by atoms with Crippen molar-refractivity contribution in [1.82, 2.24) is 4.98 Å². The Bertz CT molecular complexity index is 751. The van der Waals surface area contributed by atoms with E-state index in [1.54, 1.807) is 33.3 Å². The molecule has 1 aromatic heterocycles. The normalized spacial score (nSPS) is 10.4. The van der Waals surface area contributed by atoms with E-state index in [1.165, 1.54) is 0 Å². The highest BCUT2D eigenvalue weighted by Crippen LogP contribution is 2.31. The molecule has 0 N–H and O–H groups in total. The first-order valence-corrected chi connectivity index (χ1v) is 7.77. The van der Waals surface area contributed by atoms with Gasteiger partial charge in [-0.2, -0.15) is 0 Å².